The zero-order valence-corrected chi connectivity index (χ0v) is 7.88. The largest absolute Gasteiger partial charge is 0.469 e. The second-order valence-corrected chi connectivity index (χ2v) is 2.77. The van der Waals surface area contributed by atoms with Crippen LogP contribution in [0.25, 0.3) is 0 Å². The molecular weight excluding hydrogens is 156 g/mol. The van der Waals surface area contributed by atoms with E-state index in [-0.39, 0.29) is 5.97 Å². The van der Waals surface area contributed by atoms with Crippen LogP contribution in [0.15, 0.2) is 0 Å². The molecule has 0 aliphatic rings. The van der Waals surface area contributed by atoms with Gasteiger partial charge in [0.15, 0.2) is 0 Å². The minimum absolute atomic E-state index is 0.142. The fourth-order valence-electron chi connectivity index (χ4n) is 0.928. The van der Waals surface area contributed by atoms with Crippen LogP contribution >= 0.6 is 0 Å². The molecule has 0 unspecified atom stereocenters. The van der Waals surface area contributed by atoms with E-state index in [1.54, 1.807) is 0 Å². The van der Waals surface area contributed by atoms with Crippen LogP contribution < -0.4 is 5.73 Å². The lowest BCUT2D eigenvalue weighted by molar-refractivity contribution is -0.140. The van der Waals surface area contributed by atoms with Gasteiger partial charge in [0.2, 0.25) is 0 Å². The SMILES string of the molecule is COC(=O)CCCN(C)CCN. The molecule has 4 nitrogen and oxygen atoms in total. The van der Waals surface area contributed by atoms with E-state index in [9.17, 15) is 4.79 Å². The normalized spacial score (nSPS) is 10.3. The average Bonchev–Trinajstić information content (AvgIpc) is 2.04. The van der Waals surface area contributed by atoms with Crippen LogP contribution in [-0.4, -0.2) is 44.7 Å². The maximum absolute atomic E-state index is 10.7. The molecule has 0 heterocycles. The topological polar surface area (TPSA) is 55.6 Å². The number of hydrogen-bond acceptors (Lipinski definition) is 4. The predicted octanol–water partition coefficient (Wildman–Crippen LogP) is -0.170. The number of methoxy groups -OCH3 is 1. The number of hydrogen-bond donors (Lipinski definition) is 1. The smallest absolute Gasteiger partial charge is 0.305 e. The van der Waals surface area contributed by atoms with Gasteiger partial charge in [-0.1, -0.05) is 0 Å². The zero-order valence-electron chi connectivity index (χ0n) is 7.88. The van der Waals surface area contributed by atoms with Crippen LogP contribution in [0.4, 0.5) is 0 Å². The zero-order chi connectivity index (χ0) is 9.40. The number of ether oxygens (including phenoxy) is 1. The Morgan fingerprint density at radius 3 is 2.67 bits per heavy atom. The second kappa shape index (κ2) is 7.06. The van der Waals surface area contributed by atoms with E-state index in [4.69, 9.17) is 5.73 Å². The fraction of sp³-hybridized carbons (Fsp3) is 0.875. The molecule has 0 aromatic carbocycles. The molecule has 0 spiro atoms. The third-order valence-corrected chi connectivity index (χ3v) is 1.66. The molecule has 4 heteroatoms. The maximum Gasteiger partial charge on any atom is 0.305 e. The van der Waals surface area contributed by atoms with E-state index in [1.807, 2.05) is 7.05 Å². The molecule has 0 radical (unpaired) electrons. The summed E-state index contributed by atoms with van der Waals surface area (Å²) >= 11 is 0. The Hall–Kier alpha value is -0.610. The lowest BCUT2D eigenvalue weighted by Gasteiger charge is -2.14. The molecular formula is C8H18N2O2. The van der Waals surface area contributed by atoms with Gasteiger partial charge in [0.25, 0.3) is 0 Å². The summed E-state index contributed by atoms with van der Waals surface area (Å²) in [6, 6.07) is 0. The molecule has 0 aliphatic carbocycles. The summed E-state index contributed by atoms with van der Waals surface area (Å²) in [5, 5.41) is 0. The summed E-state index contributed by atoms with van der Waals surface area (Å²) in [4.78, 5) is 12.8. The molecule has 0 aliphatic heterocycles. The fourth-order valence-corrected chi connectivity index (χ4v) is 0.928. The monoisotopic (exact) mass is 174 g/mol. The van der Waals surface area contributed by atoms with Crippen molar-refractivity contribution in [2.75, 3.05) is 33.8 Å². The molecule has 0 amide bonds. The Morgan fingerprint density at radius 1 is 1.50 bits per heavy atom. The summed E-state index contributed by atoms with van der Waals surface area (Å²) in [7, 11) is 3.40. The van der Waals surface area contributed by atoms with E-state index in [0.717, 1.165) is 19.5 Å². The van der Waals surface area contributed by atoms with Crippen molar-refractivity contribution in [3.8, 4) is 0 Å². The number of nitrogens with two attached hydrogens (primary N) is 1. The number of nitrogens with zero attached hydrogens (tertiary/aromatic N) is 1. The Bertz CT molecular complexity index is 128. The van der Waals surface area contributed by atoms with Crippen LogP contribution in [0.1, 0.15) is 12.8 Å². The van der Waals surface area contributed by atoms with Gasteiger partial charge >= 0.3 is 5.97 Å². The molecule has 12 heavy (non-hydrogen) atoms. The maximum atomic E-state index is 10.7. The van der Waals surface area contributed by atoms with Crippen LogP contribution in [0, 0.1) is 0 Å². The van der Waals surface area contributed by atoms with Crippen molar-refractivity contribution in [3.63, 3.8) is 0 Å². The van der Waals surface area contributed by atoms with Gasteiger partial charge in [0.1, 0.15) is 0 Å². The van der Waals surface area contributed by atoms with Crippen LogP contribution in [-0.2, 0) is 9.53 Å². The summed E-state index contributed by atoms with van der Waals surface area (Å²) in [5.74, 6) is -0.142. The van der Waals surface area contributed by atoms with Gasteiger partial charge in [0.05, 0.1) is 7.11 Å². The highest BCUT2D eigenvalue weighted by molar-refractivity contribution is 5.68. The molecule has 0 saturated carbocycles. The number of carbonyl (C=O) groups is 1. The molecule has 0 aromatic heterocycles. The number of likely N-dealkylation sites (N-methyl/N-ethyl adjacent to an activating group) is 1. The van der Waals surface area contributed by atoms with E-state index < -0.39 is 0 Å². The van der Waals surface area contributed by atoms with Crippen molar-refractivity contribution in [1.82, 2.24) is 4.90 Å². The third kappa shape index (κ3) is 6.12. The molecule has 0 saturated heterocycles. The van der Waals surface area contributed by atoms with E-state index in [1.165, 1.54) is 7.11 Å². The highest BCUT2D eigenvalue weighted by Gasteiger charge is 2.01. The summed E-state index contributed by atoms with van der Waals surface area (Å²) in [5.41, 5.74) is 5.35. The minimum Gasteiger partial charge on any atom is -0.469 e. The Balaban J connectivity index is 3.24. The molecule has 72 valence electrons. The van der Waals surface area contributed by atoms with Crippen molar-refractivity contribution >= 4 is 5.97 Å². The highest BCUT2D eigenvalue weighted by atomic mass is 16.5. The van der Waals surface area contributed by atoms with Gasteiger partial charge in [-0.25, -0.2) is 0 Å². The first-order chi connectivity index (χ1) is 5.70. The van der Waals surface area contributed by atoms with Crippen LogP contribution in [0.5, 0.6) is 0 Å². The molecule has 0 rings (SSSR count). The molecule has 2 N–H and O–H groups in total. The highest BCUT2D eigenvalue weighted by Crippen LogP contribution is 1.93. The molecule has 0 aromatic rings. The summed E-state index contributed by atoms with van der Waals surface area (Å²) in [6.07, 6.45) is 1.33. The van der Waals surface area contributed by atoms with Crippen LogP contribution in [0.3, 0.4) is 0 Å². The molecule has 0 bridgehead atoms. The minimum atomic E-state index is -0.142. The van der Waals surface area contributed by atoms with Crippen molar-refractivity contribution in [2.24, 2.45) is 5.73 Å². The van der Waals surface area contributed by atoms with E-state index in [0.29, 0.717) is 13.0 Å². The van der Waals surface area contributed by atoms with Gasteiger partial charge in [-0.3, -0.25) is 4.79 Å². The first-order valence-electron chi connectivity index (χ1n) is 4.16. The second-order valence-electron chi connectivity index (χ2n) is 2.77. The number of rotatable bonds is 6. The standard InChI is InChI=1S/C8H18N2O2/c1-10(7-5-9)6-3-4-8(11)12-2/h3-7,9H2,1-2H3. The van der Waals surface area contributed by atoms with Crippen molar-refractivity contribution < 1.29 is 9.53 Å². The van der Waals surface area contributed by atoms with Crippen molar-refractivity contribution in [2.45, 2.75) is 12.8 Å². The first kappa shape index (κ1) is 11.4. The Labute approximate surface area is 73.7 Å². The molecule has 0 fully saturated rings. The average molecular weight is 174 g/mol. The van der Waals surface area contributed by atoms with Gasteiger partial charge in [-0.05, 0) is 20.0 Å². The predicted molar refractivity (Wildman–Crippen MR) is 47.8 cm³/mol. The summed E-state index contributed by atoms with van der Waals surface area (Å²) in [6.45, 7) is 2.43. The van der Waals surface area contributed by atoms with Crippen molar-refractivity contribution in [1.29, 1.82) is 0 Å². The number of esters is 1. The quantitative estimate of drug-likeness (QED) is 0.568. The van der Waals surface area contributed by atoms with E-state index in [2.05, 4.69) is 9.64 Å². The van der Waals surface area contributed by atoms with Gasteiger partial charge in [0, 0.05) is 19.5 Å². The van der Waals surface area contributed by atoms with Crippen molar-refractivity contribution in [3.05, 3.63) is 0 Å². The summed E-state index contributed by atoms with van der Waals surface area (Å²) < 4.78 is 4.51. The Morgan fingerprint density at radius 2 is 2.17 bits per heavy atom. The van der Waals surface area contributed by atoms with E-state index >= 15 is 0 Å². The third-order valence-electron chi connectivity index (χ3n) is 1.66. The first-order valence-corrected chi connectivity index (χ1v) is 4.16. The molecule has 0 atom stereocenters. The van der Waals surface area contributed by atoms with Gasteiger partial charge in [-0.15, -0.1) is 0 Å². The van der Waals surface area contributed by atoms with Crippen LogP contribution in [0.2, 0.25) is 0 Å². The number of carbonyl (C=O) groups excluding carboxylic acids is 1. The van der Waals surface area contributed by atoms with Gasteiger partial charge < -0.3 is 15.4 Å². The Kier molecular flexibility index (Phi) is 6.70. The lowest BCUT2D eigenvalue weighted by Crippen LogP contribution is -2.26. The lowest BCUT2D eigenvalue weighted by atomic mass is 10.3. The van der Waals surface area contributed by atoms with Gasteiger partial charge in [-0.2, -0.15) is 0 Å².